The molecule has 7 nitrogen and oxygen atoms in total. The van der Waals surface area contributed by atoms with Crippen molar-refractivity contribution in [2.75, 3.05) is 34.3 Å². The van der Waals surface area contributed by atoms with E-state index in [1.54, 1.807) is 49.8 Å². The first kappa shape index (κ1) is 20.7. The molecule has 1 aliphatic heterocycles. The molecule has 0 spiro atoms. The second-order valence-electron chi connectivity index (χ2n) is 7.42. The molecule has 1 aromatic heterocycles. The Balaban J connectivity index is 2.02. The van der Waals surface area contributed by atoms with Gasteiger partial charge < -0.3 is 14.5 Å². The summed E-state index contributed by atoms with van der Waals surface area (Å²) in [5.74, 6) is -2.09. The van der Waals surface area contributed by atoms with Gasteiger partial charge in [-0.3, -0.25) is 19.4 Å². The number of likely N-dealkylation sites (tertiary alicyclic amines) is 1. The topological polar surface area (TPSA) is 79.8 Å². The number of pyridine rings is 1. The largest absolute Gasteiger partial charge is 0.496 e. The molecule has 2 unspecified atom stereocenters. The number of aryl methyl sites for hydroxylation is 1. The third kappa shape index (κ3) is 4.05. The van der Waals surface area contributed by atoms with Gasteiger partial charge in [-0.05, 0) is 56.4 Å². The fourth-order valence-electron chi connectivity index (χ4n) is 3.67. The number of methoxy groups -OCH3 is 1. The highest BCUT2D eigenvalue weighted by Gasteiger charge is 2.51. The number of aromatic nitrogens is 1. The Morgan fingerprint density at radius 1 is 1.24 bits per heavy atom. The van der Waals surface area contributed by atoms with Gasteiger partial charge in [-0.15, -0.1) is 0 Å². The van der Waals surface area contributed by atoms with E-state index in [9.17, 15) is 14.4 Å². The quantitative estimate of drug-likeness (QED) is 0.405. The Labute approximate surface area is 170 Å². The number of amides is 1. The third-order valence-electron chi connectivity index (χ3n) is 5.18. The molecule has 1 fully saturated rings. The van der Waals surface area contributed by atoms with Crippen molar-refractivity contribution in [3.63, 3.8) is 0 Å². The van der Waals surface area contributed by atoms with Crippen molar-refractivity contribution in [1.82, 2.24) is 14.8 Å². The van der Waals surface area contributed by atoms with Crippen LogP contribution in [-0.2, 0) is 9.59 Å². The molecule has 0 aliphatic carbocycles. The van der Waals surface area contributed by atoms with Crippen LogP contribution in [0.3, 0.4) is 0 Å². The lowest BCUT2D eigenvalue weighted by molar-refractivity contribution is -0.140. The number of hydrogen-bond acceptors (Lipinski definition) is 6. The van der Waals surface area contributed by atoms with Crippen LogP contribution in [0.5, 0.6) is 5.75 Å². The van der Waals surface area contributed by atoms with E-state index < -0.39 is 23.7 Å². The van der Waals surface area contributed by atoms with Crippen LogP contribution in [0.4, 0.5) is 0 Å². The zero-order valence-corrected chi connectivity index (χ0v) is 17.1. The molecule has 2 atom stereocenters. The fourth-order valence-corrected chi connectivity index (χ4v) is 3.67. The standard InChI is InChI=1S/C22H25N3O4/c1-14-12-15(7-8-17(14)29-4)20(26)18-19(16-6-5-9-23-13-16)25(11-10-24(2)3)22(28)21(18)27/h5-9,12-13,18-19H,10-11H2,1-4H3. The Morgan fingerprint density at radius 2 is 2.00 bits per heavy atom. The van der Waals surface area contributed by atoms with Gasteiger partial charge in [0.1, 0.15) is 11.7 Å². The third-order valence-corrected chi connectivity index (χ3v) is 5.18. The van der Waals surface area contributed by atoms with Gasteiger partial charge in [0.25, 0.3) is 5.91 Å². The zero-order valence-electron chi connectivity index (χ0n) is 17.1. The van der Waals surface area contributed by atoms with Crippen molar-refractivity contribution >= 4 is 17.5 Å². The maximum Gasteiger partial charge on any atom is 0.291 e. The SMILES string of the molecule is COc1ccc(C(=O)C2C(=O)C(=O)N(CCN(C)C)C2c2cccnc2)cc1C. The van der Waals surface area contributed by atoms with Crippen LogP contribution < -0.4 is 4.74 Å². The molecular formula is C22H25N3O4. The van der Waals surface area contributed by atoms with Crippen LogP contribution in [0.25, 0.3) is 0 Å². The summed E-state index contributed by atoms with van der Waals surface area (Å²) in [6, 6.07) is 7.90. The summed E-state index contributed by atoms with van der Waals surface area (Å²) in [6.07, 6.45) is 3.23. The number of rotatable bonds is 7. The maximum atomic E-state index is 13.4. The summed E-state index contributed by atoms with van der Waals surface area (Å²) >= 11 is 0. The van der Waals surface area contributed by atoms with Crippen molar-refractivity contribution < 1.29 is 19.1 Å². The van der Waals surface area contributed by atoms with Gasteiger partial charge in [0.2, 0.25) is 5.78 Å². The molecule has 29 heavy (non-hydrogen) atoms. The predicted molar refractivity (Wildman–Crippen MR) is 108 cm³/mol. The summed E-state index contributed by atoms with van der Waals surface area (Å²) in [4.78, 5) is 46.6. The molecule has 0 N–H and O–H groups in total. The average Bonchev–Trinajstić information content (AvgIpc) is 2.97. The lowest BCUT2D eigenvalue weighted by atomic mass is 9.86. The van der Waals surface area contributed by atoms with Crippen LogP contribution in [0.2, 0.25) is 0 Å². The number of Topliss-reactive ketones (excluding diaryl/α,β-unsaturated/α-hetero) is 2. The summed E-state index contributed by atoms with van der Waals surface area (Å²) in [6.45, 7) is 2.76. The van der Waals surface area contributed by atoms with Gasteiger partial charge in [-0.25, -0.2) is 0 Å². The molecule has 1 aromatic carbocycles. The first-order chi connectivity index (χ1) is 13.8. The number of hydrogen-bond donors (Lipinski definition) is 0. The van der Waals surface area contributed by atoms with Crippen molar-refractivity contribution in [1.29, 1.82) is 0 Å². The summed E-state index contributed by atoms with van der Waals surface area (Å²) in [7, 11) is 5.35. The van der Waals surface area contributed by atoms with Gasteiger partial charge in [0.05, 0.1) is 13.2 Å². The molecular weight excluding hydrogens is 370 g/mol. The van der Waals surface area contributed by atoms with Gasteiger partial charge >= 0.3 is 0 Å². The number of ketones is 2. The van der Waals surface area contributed by atoms with Crippen LogP contribution in [0.1, 0.15) is 27.5 Å². The highest BCUT2D eigenvalue weighted by molar-refractivity contribution is 6.44. The first-order valence-corrected chi connectivity index (χ1v) is 9.43. The van der Waals surface area contributed by atoms with Crippen molar-refractivity contribution in [3.8, 4) is 5.75 Å². The lowest BCUT2D eigenvalue weighted by Gasteiger charge is -2.28. The number of benzene rings is 1. The number of ether oxygens (including phenoxy) is 1. The summed E-state index contributed by atoms with van der Waals surface area (Å²) < 4.78 is 5.25. The van der Waals surface area contributed by atoms with E-state index in [2.05, 4.69) is 4.98 Å². The lowest BCUT2D eigenvalue weighted by Crippen LogP contribution is -2.36. The second-order valence-corrected chi connectivity index (χ2v) is 7.42. The number of carbonyl (C=O) groups excluding carboxylic acids is 3. The van der Waals surface area contributed by atoms with Crippen LogP contribution in [0.15, 0.2) is 42.7 Å². The molecule has 1 aliphatic rings. The Morgan fingerprint density at radius 3 is 2.59 bits per heavy atom. The van der Waals surface area contributed by atoms with Crippen LogP contribution in [-0.4, -0.2) is 66.6 Å². The van der Waals surface area contributed by atoms with Crippen molar-refractivity contribution in [2.45, 2.75) is 13.0 Å². The van der Waals surface area contributed by atoms with Gasteiger partial charge in [-0.2, -0.15) is 0 Å². The van der Waals surface area contributed by atoms with E-state index in [1.807, 2.05) is 25.9 Å². The van der Waals surface area contributed by atoms with Gasteiger partial charge in [0.15, 0.2) is 5.78 Å². The molecule has 1 saturated heterocycles. The Kier molecular flexibility index (Phi) is 6.08. The minimum atomic E-state index is -1.10. The second kappa shape index (κ2) is 8.53. The minimum Gasteiger partial charge on any atom is -0.496 e. The fraction of sp³-hybridized carbons (Fsp3) is 0.364. The number of likely N-dealkylation sites (N-methyl/N-ethyl adjacent to an activating group) is 1. The maximum absolute atomic E-state index is 13.4. The molecule has 2 heterocycles. The van der Waals surface area contributed by atoms with Crippen molar-refractivity contribution in [2.24, 2.45) is 5.92 Å². The molecule has 7 heteroatoms. The molecule has 3 rings (SSSR count). The molecule has 0 bridgehead atoms. The highest BCUT2D eigenvalue weighted by atomic mass is 16.5. The molecule has 0 saturated carbocycles. The summed E-state index contributed by atoms with van der Waals surface area (Å²) in [5.41, 5.74) is 1.85. The van der Waals surface area contributed by atoms with Crippen LogP contribution >= 0.6 is 0 Å². The summed E-state index contributed by atoms with van der Waals surface area (Å²) in [5, 5.41) is 0. The van der Waals surface area contributed by atoms with E-state index in [0.29, 0.717) is 30.0 Å². The normalized spacial score (nSPS) is 19.1. The monoisotopic (exact) mass is 395 g/mol. The van der Waals surface area contributed by atoms with E-state index in [4.69, 9.17) is 4.74 Å². The molecule has 1 amide bonds. The number of carbonyl (C=O) groups is 3. The van der Waals surface area contributed by atoms with E-state index in [0.717, 1.165) is 5.56 Å². The van der Waals surface area contributed by atoms with Gasteiger partial charge in [-0.1, -0.05) is 6.07 Å². The minimum absolute atomic E-state index is 0.350. The van der Waals surface area contributed by atoms with Crippen molar-refractivity contribution in [3.05, 3.63) is 59.4 Å². The Bertz CT molecular complexity index is 927. The van der Waals surface area contributed by atoms with E-state index in [1.165, 1.54) is 4.90 Å². The first-order valence-electron chi connectivity index (χ1n) is 9.43. The zero-order chi connectivity index (χ0) is 21.1. The molecule has 0 radical (unpaired) electrons. The number of nitrogens with zero attached hydrogens (tertiary/aromatic N) is 3. The predicted octanol–water partition coefficient (Wildman–Crippen LogP) is 1.91. The van der Waals surface area contributed by atoms with E-state index >= 15 is 0 Å². The Hall–Kier alpha value is -3.06. The molecule has 152 valence electrons. The highest BCUT2D eigenvalue weighted by Crippen LogP contribution is 2.38. The average molecular weight is 395 g/mol. The smallest absolute Gasteiger partial charge is 0.291 e. The van der Waals surface area contributed by atoms with E-state index in [-0.39, 0.29) is 5.78 Å². The van der Waals surface area contributed by atoms with Crippen LogP contribution in [0, 0.1) is 12.8 Å². The molecule has 2 aromatic rings. The van der Waals surface area contributed by atoms with Gasteiger partial charge in [0, 0.05) is 31.0 Å².